The van der Waals surface area contributed by atoms with Crippen LogP contribution < -0.4 is 14.8 Å². The lowest BCUT2D eigenvalue weighted by Crippen LogP contribution is -2.11. The van der Waals surface area contributed by atoms with Gasteiger partial charge >= 0.3 is 5.97 Å². The number of pyridine rings is 1. The van der Waals surface area contributed by atoms with Gasteiger partial charge in [0.1, 0.15) is 0 Å². The number of aromatic nitrogens is 1. The first-order valence-electron chi connectivity index (χ1n) is 6.96. The third kappa shape index (κ3) is 2.98. The number of carbonyl (C=O) groups excluding carboxylic acids is 2. The van der Waals surface area contributed by atoms with Crippen molar-refractivity contribution in [3.8, 4) is 22.8 Å². The van der Waals surface area contributed by atoms with Crippen molar-refractivity contribution in [2.24, 2.45) is 0 Å². The zero-order chi connectivity index (χ0) is 17.3. The van der Waals surface area contributed by atoms with Gasteiger partial charge in [0, 0.05) is 12.5 Å². The Morgan fingerprint density at radius 3 is 2.71 bits per heavy atom. The summed E-state index contributed by atoms with van der Waals surface area (Å²) in [4.78, 5) is 27.5. The van der Waals surface area contributed by atoms with Gasteiger partial charge in [-0.3, -0.25) is 4.79 Å². The van der Waals surface area contributed by atoms with E-state index < -0.39 is 5.97 Å². The lowest BCUT2D eigenvalue weighted by atomic mass is 10.1. The Hall–Kier alpha value is -2.80. The van der Waals surface area contributed by atoms with E-state index in [0.29, 0.717) is 22.8 Å². The Balaban J connectivity index is 2.13. The molecule has 1 aromatic heterocycles. The molecule has 0 spiro atoms. The summed E-state index contributed by atoms with van der Waals surface area (Å²) in [5.41, 5.74) is 1.29. The second kappa shape index (κ2) is 6.37. The maximum Gasteiger partial charge on any atom is 0.358 e. The fourth-order valence-electron chi connectivity index (χ4n) is 2.25. The molecule has 124 valence electrons. The Morgan fingerprint density at radius 1 is 1.25 bits per heavy atom. The summed E-state index contributed by atoms with van der Waals surface area (Å²) < 4.78 is 15.3. The maximum absolute atomic E-state index is 11.9. The van der Waals surface area contributed by atoms with Gasteiger partial charge < -0.3 is 19.5 Å². The van der Waals surface area contributed by atoms with Crippen LogP contribution in [0, 0.1) is 0 Å². The Labute approximate surface area is 142 Å². The molecule has 3 rings (SSSR count). The van der Waals surface area contributed by atoms with E-state index in [1.54, 1.807) is 24.3 Å². The van der Waals surface area contributed by atoms with Gasteiger partial charge in [0.15, 0.2) is 17.2 Å². The Bertz CT molecular complexity index is 837. The number of hydrogen-bond acceptors (Lipinski definition) is 6. The van der Waals surface area contributed by atoms with Crippen molar-refractivity contribution in [3.05, 3.63) is 35.0 Å². The highest BCUT2D eigenvalue weighted by atomic mass is 35.5. The summed E-state index contributed by atoms with van der Waals surface area (Å²) in [6, 6.07) is 6.82. The first kappa shape index (κ1) is 16.1. The number of nitrogens with one attached hydrogen (secondary N) is 1. The molecule has 0 fully saturated rings. The molecule has 0 bridgehead atoms. The molecular formula is C16H13ClN2O5. The molecule has 2 aromatic rings. The highest BCUT2D eigenvalue weighted by Gasteiger charge is 2.21. The van der Waals surface area contributed by atoms with Crippen molar-refractivity contribution in [3.63, 3.8) is 0 Å². The number of amides is 1. The number of rotatable bonds is 3. The number of anilines is 1. The normalized spacial score (nSPS) is 12.0. The molecule has 0 radical (unpaired) electrons. The van der Waals surface area contributed by atoms with Gasteiger partial charge in [-0.15, -0.1) is 0 Å². The van der Waals surface area contributed by atoms with Crippen LogP contribution in [0.1, 0.15) is 17.4 Å². The maximum atomic E-state index is 11.9. The van der Waals surface area contributed by atoms with Crippen LogP contribution in [-0.2, 0) is 9.53 Å². The van der Waals surface area contributed by atoms with Crippen LogP contribution in [0.25, 0.3) is 11.3 Å². The van der Waals surface area contributed by atoms with Crippen molar-refractivity contribution >= 4 is 29.2 Å². The van der Waals surface area contributed by atoms with Crippen LogP contribution >= 0.6 is 11.6 Å². The van der Waals surface area contributed by atoms with Crippen molar-refractivity contribution in [1.29, 1.82) is 0 Å². The van der Waals surface area contributed by atoms with Crippen LogP contribution in [0.3, 0.4) is 0 Å². The SMILES string of the molecule is COC(=O)c1nc(-c2ccc3c(c2)OCO3)cc(NC(C)=O)c1Cl. The summed E-state index contributed by atoms with van der Waals surface area (Å²) in [6.07, 6.45) is 0. The molecular weight excluding hydrogens is 336 g/mol. The van der Waals surface area contributed by atoms with Gasteiger partial charge in [0.2, 0.25) is 12.7 Å². The minimum atomic E-state index is -0.700. The first-order chi connectivity index (χ1) is 11.5. The number of hydrogen-bond donors (Lipinski definition) is 1. The van der Waals surface area contributed by atoms with E-state index in [-0.39, 0.29) is 29.1 Å². The lowest BCUT2D eigenvalue weighted by molar-refractivity contribution is -0.114. The molecule has 8 heteroatoms. The largest absolute Gasteiger partial charge is 0.464 e. The molecule has 0 aliphatic carbocycles. The molecule has 1 aliphatic rings. The van der Waals surface area contributed by atoms with E-state index in [0.717, 1.165) is 0 Å². The fourth-order valence-corrected chi connectivity index (χ4v) is 2.47. The molecule has 1 aromatic carbocycles. The topological polar surface area (TPSA) is 86.8 Å². The van der Waals surface area contributed by atoms with E-state index in [4.69, 9.17) is 25.8 Å². The minimum Gasteiger partial charge on any atom is -0.464 e. The summed E-state index contributed by atoms with van der Waals surface area (Å²) in [5, 5.41) is 2.60. The molecule has 7 nitrogen and oxygen atoms in total. The molecule has 1 N–H and O–H groups in total. The number of halogens is 1. The first-order valence-corrected chi connectivity index (χ1v) is 7.34. The van der Waals surface area contributed by atoms with Crippen LogP contribution in [0.4, 0.5) is 5.69 Å². The smallest absolute Gasteiger partial charge is 0.358 e. The van der Waals surface area contributed by atoms with E-state index in [9.17, 15) is 9.59 Å². The molecule has 2 heterocycles. The number of fused-ring (bicyclic) bond motifs is 1. The van der Waals surface area contributed by atoms with Crippen LogP contribution in [0.5, 0.6) is 11.5 Å². The van der Waals surface area contributed by atoms with E-state index in [2.05, 4.69) is 10.3 Å². The van der Waals surface area contributed by atoms with Crippen molar-refractivity contribution in [2.75, 3.05) is 19.2 Å². The van der Waals surface area contributed by atoms with E-state index in [1.807, 2.05) is 0 Å². The second-order valence-electron chi connectivity index (χ2n) is 4.96. The monoisotopic (exact) mass is 348 g/mol. The van der Waals surface area contributed by atoms with Gasteiger partial charge in [-0.2, -0.15) is 0 Å². The molecule has 0 unspecified atom stereocenters. The summed E-state index contributed by atoms with van der Waals surface area (Å²) in [6.45, 7) is 1.49. The van der Waals surface area contributed by atoms with Gasteiger partial charge in [-0.05, 0) is 24.3 Å². The van der Waals surface area contributed by atoms with E-state index >= 15 is 0 Å². The third-order valence-electron chi connectivity index (χ3n) is 3.32. The second-order valence-corrected chi connectivity index (χ2v) is 5.34. The molecule has 1 aliphatic heterocycles. The minimum absolute atomic E-state index is 0.0153. The number of carbonyl (C=O) groups is 2. The van der Waals surface area contributed by atoms with Gasteiger partial charge in [-0.1, -0.05) is 11.6 Å². The zero-order valence-corrected chi connectivity index (χ0v) is 13.6. The summed E-state index contributed by atoms with van der Waals surface area (Å²) in [5.74, 6) is 0.178. The average Bonchev–Trinajstić information content (AvgIpc) is 3.03. The quantitative estimate of drug-likeness (QED) is 0.858. The van der Waals surface area contributed by atoms with Crippen LogP contribution in [-0.4, -0.2) is 30.8 Å². The van der Waals surface area contributed by atoms with Gasteiger partial charge in [0.25, 0.3) is 0 Å². The van der Waals surface area contributed by atoms with Crippen molar-refractivity contribution in [2.45, 2.75) is 6.92 Å². The highest BCUT2D eigenvalue weighted by Crippen LogP contribution is 2.37. The highest BCUT2D eigenvalue weighted by molar-refractivity contribution is 6.36. The molecule has 24 heavy (non-hydrogen) atoms. The molecule has 0 saturated heterocycles. The lowest BCUT2D eigenvalue weighted by Gasteiger charge is -2.12. The number of nitrogens with zero attached hydrogens (tertiary/aromatic N) is 1. The van der Waals surface area contributed by atoms with Crippen molar-refractivity contribution in [1.82, 2.24) is 4.98 Å². The third-order valence-corrected chi connectivity index (χ3v) is 3.70. The van der Waals surface area contributed by atoms with E-state index in [1.165, 1.54) is 14.0 Å². The Morgan fingerprint density at radius 2 is 2.00 bits per heavy atom. The molecule has 0 atom stereocenters. The summed E-state index contributed by atoms with van der Waals surface area (Å²) >= 11 is 6.16. The van der Waals surface area contributed by atoms with Crippen molar-refractivity contribution < 1.29 is 23.8 Å². The Kier molecular flexibility index (Phi) is 4.26. The fraction of sp³-hybridized carbons (Fsp3) is 0.188. The zero-order valence-electron chi connectivity index (χ0n) is 12.9. The standard InChI is InChI=1S/C16H13ClN2O5/c1-8(20)18-11-6-10(19-15(14(11)17)16(21)22-2)9-3-4-12-13(5-9)24-7-23-12/h3-6H,7H2,1-2H3,(H,18,19,20). The van der Waals surface area contributed by atoms with Crippen LogP contribution in [0.15, 0.2) is 24.3 Å². The number of ether oxygens (including phenoxy) is 3. The molecule has 0 saturated carbocycles. The summed E-state index contributed by atoms with van der Waals surface area (Å²) in [7, 11) is 1.23. The van der Waals surface area contributed by atoms with Crippen LogP contribution in [0.2, 0.25) is 5.02 Å². The van der Waals surface area contributed by atoms with Gasteiger partial charge in [-0.25, -0.2) is 9.78 Å². The molecule has 1 amide bonds. The average molecular weight is 349 g/mol. The number of methoxy groups -OCH3 is 1. The predicted octanol–water partition coefficient (Wildman–Crippen LogP) is 2.88. The number of benzene rings is 1. The van der Waals surface area contributed by atoms with Gasteiger partial charge in [0.05, 0.1) is 23.5 Å². The predicted molar refractivity (Wildman–Crippen MR) is 86.4 cm³/mol. The number of esters is 1.